The highest BCUT2D eigenvalue weighted by molar-refractivity contribution is 9.10. The van der Waals surface area contributed by atoms with Crippen LogP contribution >= 0.6 is 15.9 Å². The summed E-state index contributed by atoms with van der Waals surface area (Å²) < 4.78 is 1.21. The lowest BCUT2D eigenvalue weighted by Crippen LogP contribution is -2.35. The summed E-state index contributed by atoms with van der Waals surface area (Å²) in [4.78, 5) is 2.44. The van der Waals surface area contributed by atoms with Crippen molar-refractivity contribution in [3.05, 3.63) is 28.2 Å². The van der Waals surface area contributed by atoms with Crippen molar-refractivity contribution in [1.82, 2.24) is 5.32 Å². The second kappa shape index (κ2) is 6.48. The fourth-order valence-electron chi connectivity index (χ4n) is 2.76. The maximum absolute atomic E-state index is 3.73. The zero-order valence-corrected chi connectivity index (χ0v) is 14.8. The third-order valence-corrected chi connectivity index (χ3v) is 4.86. The molecule has 1 aromatic carbocycles. The molecule has 2 rings (SSSR count). The van der Waals surface area contributed by atoms with Crippen LogP contribution in [0.25, 0.3) is 0 Å². The van der Waals surface area contributed by atoms with Crippen molar-refractivity contribution in [1.29, 1.82) is 0 Å². The molecule has 20 heavy (non-hydrogen) atoms. The standard InChI is InChI=1S/C17H27BrN2/c1-17(2,3)19-12-13-9-10-15(11-16(13)18)20(4)14-7-5-6-8-14/h9-11,14,19H,5-8,12H2,1-4H3. The molecule has 0 aliphatic heterocycles. The first-order chi connectivity index (χ1) is 9.37. The van der Waals surface area contributed by atoms with Gasteiger partial charge in [-0.15, -0.1) is 0 Å². The highest BCUT2D eigenvalue weighted by Crippen LogP contribution is 2.30. The topological polar surface area (TPSA) is 15.3 Å². The molecule has 0 radical (unpaired) electrons. The van der Waals surface area contributed by atoms with Gasteiger partial charge in [0.1, 0.15) is 0 Å². The van der Waals surface area contributed by atoms with E-state index in [1.807, 2.05) is 0 Å². The Labute approximate surface area is 132 Å². The van der Waals surface area contributed by atoms with Gasteiger partial charge in [-0.1, -0.05) is 34.8 Å². The van der Waals surface area contributed by atoms with Crippen molar-refractivity contribution >= 4 is 21.6 Å². The number of halogens is 1. The Morgan fingerprint density at radius 2 is 1.90 bits per heavy atom. The minimum atomic E-state index is 0.152. The lowest BCUT2D eigenvalue weighted by molar-refractivity contribution is 0.424. The smallest absolute Gasteiger partial charge is 0.0377 e. The van der Waals surface area contributed by atoms with E-state index in [4.69, 9.17) is 0 Å². The molecule has 0 heterocycles. The average molecular weight is 339 g/mol. The fraction of sp³-hybridized carbons (Fsp3) is 0.647. The molecule has 0 atom stereocenters. The minimum Gasteiger partial charge on any atom is -0.372 e. The van der Waals surface area contributed by atoms with Crippen LogP contribution in [-0.4, -0.2) is 18.6 Å². The Balaban J connectivity index is 2.05. The summed E-state index contributed by atoms with van der Waals surface area (Å²) in [7, 11) is 2.23. The van der Waals surface area contributed by atoms with E-state index in [-0.39, 0.29) is 5.54 Å². The van der Waals surface area contributed by atoms with Gasteiger partial charge in [-0.3, -0.25) is 0 Å². The molecule has 1 saturated carbocycles. The summed E-state index contributed by atoms with van der Waals surface area (Å²) in [6.07, 6.45) is 5.43. The number of hydrogen-bond donors (Lipinski definition) is 1. The van der Waals surface area contributed by atoms with Crippen LogP contribution in [0.3, 0.4) is 0 Å². The van der Waals surface area contributed by atoms with Crippen LogP contribution < -0.4 is 10.2 Å². The van der Waals surface area contributed by atoms with E-state index in [9.17, 15) is 0 Å². The molecule has 112 valence electrons. The quantitative estimate of drug-likeness (QED) is 0.854. The number of nitrogens with one attached hydrogen (secondary N) is 1. The molecular formula is C17H27BrN2. The maximum atomic E-state index is 3.73. The first-order valence-electron chi connectivity index (χ1n) is 7.63. The number of nitrogens with zero attached hydrogens (tertiary/aromatic N) is 1. The van der Waals surface area contributed by atoms with Crippen molar-refractivity contribution in [2.24, 2.45) is 0 Å². The van der Waals surface area contributed by atoms with E-state index in [2.05, 4.69) is 72.2 Å². The van der Waals surface area contributed by atoms with Crippen LogP contribution in [0.1, 0.15) is 52.0 Å². The van der Waals surface area contributed by atoms with Gasteiger partial charge >= 0.3 is 0 Å². The Morgan fingerprint density at radius 3 is 2.45 bits per heavy atom. The number of anilines is 1. The third-order valence-electron chi connectivity index (χ3n) is 4.13. The van der Waals surface area contributed by atoms with E-state index >= 15 is 0 Å². The Kier molecular flexibility index (Phi) is 5.14. The van der Waals surface area contributed by atoms with Crippen LogP contribution in [0.4, 0.5) is 5.69 Å². The lowest BCUT2D eigenvalue weighted by atomic mass is 10.1. The second-order valence-electron chi connectivity index (χ2n) is 6.93. The molecule has 2 nitrogen and oxygen atoms in total. The van der Waals surface area contributed by atoms with Crippen LogP contribution in [0, 0.1) is 0 Å². The van der Waals surface area contributed by atoms with Gasteiger partial charge in [0.2, 0.25) is 0 Å². The molecule has 1 aromatic rings. The molecule has 0 saturated heterocycles. The van der Waals surface area contributed by atoms with Gasteiger partial charge in [-0.05, 0) is 51.3 Å². The fourth-order valence-corrected chi connectivity index (χ4v) is 3.27. The van der Waals surface area contributed by atoms with Crippen LogP contribution in [0.15, 0.2) is 22.7 Å². The van der Waals surface area contributed by atoms with E-state index < -0.39 is 0 Å². The van der Waals surface area contributed by atoms with Gasteiger partial charge < -0.3 is 10.2 Å². The van der Waals surface area contributed by atoms with E-state index in [0.717, 1.165) is 12.6 Å². The van der Waals surface area contributed by atoms with E-state index in [1.54, 1.807) is 0 Å². The van der Waals surface area contributed by atoms with Crippen molar-refractivity contribution in [3.8, 4) is 0 Å². The zero-order valence-electron chi connectivity index (χ0n) is 13.2. The summed E-state index contributed by atoms with van der Waals surface area (Å²) in [5, 5.41) is 3.54. The van der Waals surface area contributed by atoms with Gasteiger partial charge in [-0.25, -0.2) is 0 Å². The molecule has 0 aromatic heterocycles. The van der Waals surface area contributed by atoms with E-state index in [1.165, 1.54) is 41.4 Å². The average Bonchev–Trinajstić information content (AvgIpc) is 2.89. The minimum absolute atomic E-state index is 0.152. The predicted octanol–water partition coefficient (Wildman–Crippen LogP) is 4.72. The van der Waals surface area contributed by atoms with Crippen molar-refractivity contribution < 1.29 is 0 Å². The zero-order chi connectivity index (χ0) is 14.8. The molecule has 1 N–H and O–H groups in total. The summed E-state index contributed by atoms with van der Waals surface area (Å²) in [6, 6.07) is 7.48. The van der Waals surface area contributed by atoms with Crippen LogP contribution in [-0.2, 0) is 6.54 Å². The van der Waals surface area contributed by atoms with Crippen LogP contribution in [0.2, 0.25) is 0 Å². The summed E-state index contributed by atoms with van der Waals surface area (Å²) in [6.45, 7) is 7.49. The Hall–Kier alpha value is -0.540. The van der Waals surface area contributed by atoms with Gasteiger partial charge in [0, 0.05) is 35.3 Å². The molecule has 1 aliphatic carbocycles. The monoisotopic (exact) mass is 338 g/mol. The molecule has 0 spiro atoms. The number of rotatable bonds is 4. The molecule has 0 amide bonds. The summed E-state index contributed by atoms with van der Waals surface area (Å²) >= 11 is 3.73. The van der Waals surface area contributed by atoms with E-state index in [0.29, 0.717) is 0 Å². The predicted molar refractivity (Wildman–Crippen MR) is 91.4 cm³/mol. The SMILES string of the molecule is CN(c1ccc(CNC(C)(C)C)c(Br)c1)C1CCCC1. The van der Waals surface area contributed by atoms with Gasteiger partial charge in [-0.2, -0.15) is 0 Å². The van der Waals surface area contributed by atoms with Crippen molar-refractivity contribution in [2.45, 2.75) is 64.6 Å². The molecule has 1 aliphatic rings. The van der Waals surface area contributed by atoms with Crippen LogP contribution in [0.5, 0.6) is 0 Å². The first-order valence-corrected chi connectivity index (χ1v) is 8.42. The van der Waals surface area contributed by atoms with Gasteiger partial charge in [0.05, 0.1) is 0 Å². The molecule has 1 fully saturated rings. The van der Waals surface area contributed by atoms with Crippen molar-refractivity contribution in [2.75, 3.05) is 11.9 Å². The Morgan fingerprint density at radius 1 is 1.25 bits per heavy atom. The van der Waals surface area contributed by atoms with Gasteiger partial charge in [0.25, 0.3) is 0 Å². The summed E-state index contributed by atoms with van der Waals surface area (Å²) in [5.41, 5.74) is 2.80. The third kappa shape index (κ3) is 4.23. The first kappa shape index (κ1) is 15.8. The second-order valence-corrected chi connectivity index (χ2v) is 7.78. The maximum Gasteiger partial charge on any atom is 0.0377 e. The molecule has 0 unspecified atom stereocenters. The Bertz CT molecular complexity index is 445. The highest BCUT2D eigenvalue weighted by Gasteiger charge is 2.20. The molecule has 3 heteroatoms. The lowest BCUT2D eigenvalue weighted by Gasteiger charge is -2.27. The normalized spacial score (nSPS) is 16.6. The highest BCUT2D eigenvalue weighted by atomic mass is 79.9. The van der Waals surface area contributed by atoms with Gasteiger partial charge in [0.15, 0.2) is 0 Å². The molecule has 0 bridgehead atoms. The number of hydrogen-bond acceptors (Lipinski definition) is 2. The number of benzene rings is 1. The molecular weight excluding hydrogens is 312 g/mol. The summed E-state index contributed by atoms with van der Waals surface area (Å²) in [5.74, 6) is 0. The van der Waals surface area contributed by atoms with Crippen molar-refractivity contribution in [3.63, 3.8) is 0 Å². The largest absolute Gasteiger partial charge is 0.372 e.